The maximum absolute atomic E-state index is 12.3. The number of ether oxygens (including phenoxy) is 1. The first kappa shape index (κ1) is 15.6. The SMILES string of the molecule is Cn1nc(CNC(=O)C2CCOC2CN)c2ccccc2c1=O. The molecule has 3 rings (SSSR count). The molecule has 1 fully saturated rings. The van der Waals surface area contributed by atoms with E-state index in [1.54, 1.807) is 13.1 Å². The summed E-state index contributed by atoms with van der Waals surface area (Å²) < 4.78 is 6.74. The van der Waals surface area contributed by atoms with Gasteiger partial charge in [0.1, 0.15) is 0 Å². The number of rotatable bonds is 4. The highest BCUT2D eigenvalue weighted by Crippen LogP contribution is 2.20. The van der Waals surface area contributed by atoms with Crippen molar-refractivity contribution in [3.05, 3.63) is 40.3 Å². The van der Waals surface area contributed by atoms with Crippen molar-refractivity contribution >= 4 is 16.7 Å². The Kier molecular flexibility index (Phi) is 4.40. The predicted octanol–water partition coefficient (Wildman–Crippen LogP) is -0.0865. The number of hydrogen-bond donors (Lipinski definition) is 2. The minimum absolute atomic E-state index is 0.0855. The van der Waals surface area contributed by atoms with Gasteiger partial charge in [-0.2, -0.15) is 5.10 Å². The normalized spacial score (nSPS) is 20.8. The summed E-state index contributed by atoms with van der Waals surface area (Å²) in [4.78, 5) is 24.4. The smallest absolute Gasteiger partial charge is 0.274 e. The van der Waals surface area contributed by atoms with E-state index < -0.39 is 0 Å². The van der Waals surface area contributed by atoms with Crippen LogP contribution >= 0.6 is 0 Å². The Balaban J connectivity index is 1.81. The van der Waals surface area contributed by atoms with Crippen LogP contribution in [0.25, 0.3) is 10.8 Å². The zero-order chi connectivity index (χ0) is 16.4. The van der Waals surface area contributed by atoms with E-state index in [0.29, 0.717) is 30.7 Å². The van der Waals surface area contributed by atoms with Gasteiger partial charge in [0.2, 0.25) is 5.91 Å². The van der Waals surface area contributed by atoms with E-state index in [2.05, 4.69) is 10.4 Å². The summed E-state index contributed by atoms with van der Waals surface area (Å²) in [5.41, 5.74) is 6.14. The third-order valence-electron chi connectivity index (χ3n) is 4.24. The standard InChI is InChI=1S/C16H20N4O3/c1-20-16(22)11-5-3-2-4-10(11)13(19-20)9-18-15(21)12-6-7-23-14(12)8-17/h2-5,12,14H,6-9,17H2,1H3,(H,18,21). The van der Waals surface area contributed by atoms with Crippen molar-refractivity contribution in [2.24, 2.45) is 18.7 Å². The van der Waals surface area contributed by atoms with E-state index in [1.807, 2.05) is 18.2 Å². The second-order valence-corrected chi connectivity index (χ2v) is 5.68. The van der Waals surface area contributed by atoms with Crippen LogP contribution in [-0.4, -0.2) is 34.9 Å². The van der Waals surface area contributed by atoms with Crippen LogP contribution in [0.5, 0.6) is 0 Å². The summed E-state index contributed by atoms with van der Waals surface area (Å²) in [5.74, 6) is -0.309. The van der Waals surface area contributed by atoms with Gasteiger partial charge in [0.05, 0.1) is 29.6 Å². The van der Waals surface area contributed by atoms with Gasteiger partial charge in [0.15, 0.2) is 0 Å². The van der Waals surface area contributed by atoms with Gasteiger partial charge in [-0.25, -0.2) is 4.68 Å². The topological polar surface area (TPSA) is 99.2 Å². The molecule has 1 saturated heterocycles. The Morgan fingerprint density at radius 3 is 2.91 bits per heavy atom. The number of carbonyl (C=O) groups is 1. The van der Waals surface area contributed by atoms with Gasteiger partial charge < -0.3 is 15.8 Å². The first-order chi connectivity index (χ1) is 11.1. The number of nitrogens with zero attached hydrogens (tertiary/aromatic N) is 2. The summed E-state index contributed by atoms with van der Waals surface area (Å²) in [6.07, 6.45) is 0.453. The van der Waals surface area contributed by atoms with Gasteiger partial charge in [0, 0.05) is 25.6 Å². The van der Waals surface area contributed by atoms with Gasteiger partial charge in [0.25, 0.3) is 5.56 Å². The van der Waals surface area contributed by atoms with Crippen LogP contribution in [0.15, 0.2) is 29.1 Å². The van der Waals surface area contributed by atoms with Crippen molar-refractivity contribution in [2.45, 2.75) is 19.1 Å². The Hall–Kier alpha value is -2.25. The molecule has 23 heavy (non-hydrogen) atoms. The lowest BCUT2D eigenvalue weighted by Gasteiger charge is -2.16. The third kappa shape index (κ3) is 2.97. The molecule has 0 radical (unpaired) electrons. The zero-order valence-corrected chi connectivity index (χ0v) is 13.0. The lowest BCUT2D eigenvalue weighted by Crippen LogP contribution is -2.38. The van der Waals surface area contributed by atoms with Crippen LogP contribution in [0.3, 0.4) is 0 Å². The average Bonchev–Trinajstić information content (AvgIpc) is 3.05. The monoisotopic (exact) mass is 316 g/mol. The summed E-state index contributed by atoms with van der Waals surface area (Å²) in [5, 5.41) is 8.52. The molecule has 0 spiro atoms. The average molecular weight is 316 g/mol. The highest BCUT2D eigenvalue weighted by molar-refractivity contribution is 5.84. The predicted molar refractivity (Wildman–Crippen MR) is 85.7 cm³/mol. The molecule has 1 aliphatic heterocycles. The Bertz CT molecular complexity index is 786. The summed E-state index contributed by atoms with van der Waals surface area (Å²) in [6.45, 7) is 1.15. The zero-order valence-electron chi connectivity index (χ0n) is 13.0. The minimum Gasteiger partial charge on any atom is -0.376 e. The molecule has 3 N–H and O–H groups in total. The Labute approximate surface area is 133 Å². The van der Waals surface area contributed by atoms with E-state index in [9.17, 15) is 9.59 Å². The second kappa shape index (κ2) is 6.47. The molecule has 0 saturated carbocycles. The molecular formula is C16H20N4O3. The molecule has 0 bridgehead atoms. The third-order valence-corrected chi connectivity index (χ3v) is 4.24. The molecule has 7 nitrogen and oxygen atoms in total. The van der Waals surface area contributed by atoms with Crippen molar-refractivity contribution in [2.75, 3.05) is 13.2 Å². The van der Waals surface area contributed by atoms with Crippen molar-refractivity contribution < 1.29 is 9.53 Å². The van der Waals surface area contributed by atoms with Crippen LogP contribution in [0.4, 0.5) is 0 Å². The number of nitrogens with one attached hydrogen (secondary N) is 1. The molecule has 1 aromatic carbocycles. The number of aromatic nitrogens is 2. The lowest BCUT2D eigenvalue weighted by atomic mass is 10.0. The molecule has 1 aliphatic rings. The van der Waals surface area contributed by atoms with E-state index >= 15 is 0 Å². The van der Waals surface area contributed by atoms with Crippen LogP contribution in [-0.2, 0) is 23.1 Å². The van der Waals surface area contributed by atoms with Gasteiger partial charge >= 0.3 is 0 Å². The van der Waals surface area contributed by atoms with Gasteiger partial charge in [-0.1, -0.05) is 18.2 Å². The maximum Gasteiger partial charge on any atom is 0.274 e. The first-order valence-corrected chi connectivity index (χ1v) is 7.66. The molecule has 2 heterocycles. The van der Waals surface area contributed by atoms with Gasteiger partial charge in [-0.05, 0) is 12.5 Å². The number of amides is 1. The fraction of sp³-hybridized carbons (Fsp3) is 0.438. The second-order valence-electron chi connectivity index (χ2n) is 5.68. The Morgan fingerprint density at radius 1 is 1.43 bits per heavy atom. The number of fused-ring (bicyclic) bond motifs is 1. The minimum atomic E-state index is -0.223. The molecule has 122 valence electrons. The molecule has 1 amide bonds. The Morgan fingerprint density at radius 2 is 2.17 bits per heavy atom. The quantitative estimate of drug-likeness (QED) is 0.821. The van der Waals surface area contributed by atoms with Crippen LogP contribution in [0, 0.1) is 5.92 Å². The molecule has 2 atom stereocenters. The fourth-order valence-corrected chi connectivity index (χ4v) is 2.99. The van der Waals surface area contributed by atoms with E-state index in [-0.39, 0.29) is 30.0 Å². The highest BCUT2D eigenvalue weighted by Gasteiger charge is 2.32. The van der Waals surface area contributed by atoms with E-state index in [4.69, 9.17) is 10.5 Å². The molecular weight excluding hydrogens is 296 g/mol. The first-order valence-electron chi connectivity index (χ1n) is 7.66. The van der Waals surface area contributed by atoms with Gasteiger partial charge in [-0.15, -0.1) is 0 Å². The van der Waals surface area contributed by atoms with Gasteiger partial charge in [-0.3, -0.25) is 9.59 Å². The largest absolute Gasteiger partial charge is 0.376 e. The summed E-state index contributed by atoms with van der Waals surface area (Å²) >= 11 is 0. The van der Waals surface area contributed by atoms with Crippen molar-refractivity contribution in [3.63, 3.8) is 0 Å². The van der Waals surface area contributed by atoms with Crippen LogP contribution < -0.4 is 16.6 Å². The molecule has 0 aliphatic carbocycles. The van der Waals surface area contributed by atoms with E-state index in [1.165, 1.54) is 4.68 Å². The molecule has 2 aromatic rings. The number of aryl methyl sites for hydroxylation is 1. The number of hydrogen-bond acceptors (Lipinski definition) is 5. The lowest BCUT2D eigenvalue weighted by molar-refractivity contribution is -0.126. The fourth-order valence-electron chi connectivity index (χ4n) is 2.99. The molecule has 7 heteroatoms. The van der Waals surface area contributed by atoms with Crippen molar-refractivity contribution in [1.29, 1.82) is 0 Å². The molecule has 1 aromatic heterocycles. The highest BCUT2D eigenvalue weighted by atomic mass is 16.5. The number of carbonyl (C=O) groups excluding carboxylic acids is 1. The summed E-state index contributed by atoms with van der Waals surface area (Å²) in [6, 6.07) is 7.27. The van der Waals surface area contributed by atoms with E-state index in [0.717, 1.165) is 5.39 Å². The number of nitrogens with two attached hydrogens (primary N) is 1. The summed E-state index contributed by atoms with van der Waals surface area (Å²) in [7, 11) is 1.61. The van der Waals surface area contributed by atoms with Crippen molar-refractivity contribution in [3.8, 4) is 0 Å². The molecule has 2 unspecified atom stereocenters. The van der Waals surface area contributed by atoms with Crippen LogP contribution in [0.2, 0.25) is 0 Å². The van der Waals surface area contributed by atoms with Crippen LogP contribution in [0.1, 0.15) is 12.1 Å². The number of benzene rings is 1. The maximum atomic E-state index is 12.3. The van der Waals surface area contributed by atoms with Crippen molar-refractivity contribution in [1.82, 2.24) is 15.1 Å².